The Kier molecular flexibility index (Phi) is 6.05. The van der Waals surface area contributed by atoms with E-state index in [0.29, 0.717) is 24.0 Å². The van der Waals surface area contributed by atoms with Crippen molar-refractivity contribution >= 4 is 0 Å². The highest BCUT2D eigenvalue weighted by molar-refractivity contribution is 5.34. The third kappa shape index (κ3) is 3.60. The number of rotatable bonds is 7. The molecule has 1 saturated heterocycles. The molecule has 2 saturated carbocycles. The molecule has 2 N–H and O–H groups in total. The number of nitrogens with one attached hydrogen (secondary N) is 1. The van der Waals surface area contributed by atoms with E-state index >= 15 is 0 Å². The highest BCUT2D eigenvalue weighted by atomic mass is 16.5. The number of piperidine rings is 1. The topological polar surface area (TPSA) is 41.5 Å². The summed E-state index contributed by atoms with van der Waals surface area (Å²) in [6, 6.07) is 10.9. The molecular weight excluding hydrogens is 394 g/mol. The van der Waals surface area contributed by atoms with Gasteiger partial charge in [0.15, 0.2) is 0 Å². The summed E-state index contributed by atoms with van der Waals surface area (Å²) in [6.07, 6.45) is 12.6. The smallest absolute Gasteiger partial charge is 0.0716 e. The van der Waals surface area contributed by atoms with Crippen LogP contribution >= 0.6 is 0 Å². The Morgan fingerprint density at radius 1 is 1.12 bits per heavy atom. The molecule has 0 spiro atoms. The van der Waals surface area contributed by atoms with Crippen molar-refractivity contribution in [3.63, 3.8) is 0 Å². The zero-order valence-corrected chi connectivity index (χ0v) is 20.4. The molecule has 5 rings (SSSR count). The normalized spacial score (nSPS) is 38.7. The average Bonchev–Trinajstić information content (AvgIpc) is 3.21. The molecule has 176 valence electrons. The van der Waals surface area contributed by atoms with Gasteiger partial charge in [0, 0.05) is 24.0 Å². The third-order valence-electron chi connectivity index (χ3n) is 9.99. The molecule has 3 fully saturated rings. The second kappa shape index (κ2) is 8.56. The zero-order chi connectivity index (χ0) is 22.4. The first-order valence-electron chi connectivity index (χ1n) is 13.1. The van der Waals surface area contributed by atoms with Crippen LogP contribution < -0.4 is 5.32 Å². The van der Waals surface area contributed by atoms with Crippen LogP contribution in [0.3, 0.4) is 0 Å². The molecule has 3 nitrogen and oxygen atoms in total. The summed E-state index contributed by atoms with van der Waals surface area (Å²) in [4.78, 5) is 0. The largest absolute Gasteiger partial charge is 0.390 e. The van der Waals surface area contributed by atoms with Gasteiger partial charge >= 0.3 is 0 Å². The van der Waals surface area contributed by atoms with Crippen LogP contribution in [-0.4, -0.2) is 29.9 Å². The predicted octanol–water partition coefficient (Wildman–Crippen LogP) is 5.88. The van der Waals surface area contributed by atoms with Crippen molar-refractivity contribution in [2.75, 3.05) is 13.2 Å². The fourth-order valence-electron chi connectivity index (χ4n) is 8.43. The minimum absolute atomic E-state index is 0.159. The molecule has 4 aliphatic rings. The van der Waals surface area contributed by atoms with Crippen LogP contribution in [0.25, 0.3) is 0 Å². The fraction of sp³-hybridized carbons (Fsp3) is 0.724. The van der Waals surface area contributed by atoms with Crippen LogP contribution in [0.15, 0.2) is 42.0 Å². The summed E-state index contributed by atoms with van der Waals surface area (Å²) in [6.45, 7) is 9.35. The maximum absolute atomic E-state index is 11.2. The number of hydrogen-bond acceptors (Lipinski definition) is 3. The van der Waals surface area contributed by atoms with E-state index < -0.39 is 5.60 Å². The number of benzene rings is 1. The van der Waals surface area contributed by atoms with Crippen molar-refractivity contribution in [2.24, 2.45) is 28.6 Å². The van der Waals surface area contributed by atoms with E-state index in [1.165, 1.54) is 44.1 Å². The van der Waals surface area contributed by atoms with Crippen molar-refractivity contribution in [3.05, 3.63) is 47.5 Å². The van der Waals surface area contributed by atoms with Crippen molar-refractivity contribution < 1.29 is 9.84 Å². The molecule has 1 aliphatic heterocycles. The molecule has 32 heavy (non-hydrogen) atoms. The van der Waals surface area contributed by atoms with Crippen LogP contribution in [-0.2, 0) is 11.3 Å². The van der Waals surface area contributed by atoms with Crippen molar-refractivity contribution in [3.8, 4) is 0 Å². The van der Waals surface area contributed by atoms with E-state index in [-0.39, 0.29) is 5.41 Å². The van der Waals surface area contributed by atoms with E-state index in [9.17, 15) is 5.11 Å². The maximum atomic E-state index is 11.2. The van der Waals surface area contributed by atoms with Gasteiger partial charge in [-0.1, -0.05) is 48.9 Å². The molecule has 3 heteroatoms. The lowest BCUT2D eigenvalue weighted by atomic mass is 9.42. The Balaban J connectivity index is 1.42. The van der Waals surface area contributed by atoms with Crippen molar-refractivity contribution in [1.82, 2.24) is 5.32 Å². The third-order valence-corrected chi connectivity index (χ3v) is 9.99. The molecular formula is C29H43NO2. The standard InChI is InChI=1S/C29H43NO2/c1-27(2,31)25-15-17-28(3)23-14-13-22-11-7-12-24(22)29(28,26(25)30-19-23)16-8-18-32-20-21-9-5-4-6-10-21/h4-6,9-10,12,22-23,25-26,30-31H,7-8,11,13-20H2,1-3H3/t22?,23-,25+,26-,28+,29+/m1/s1. The minimum Gasteiger partial charge on any atom is -0.390 e. The van der Waals surface area contributed by atoms with Gasteiger partial charge in [-0.15, -0.1) is 0 Å². The first-order chi connectivity index (χ1) is 15.4. The lowest BCUT2D eigenvalue weighted by molar-refractivity contribution is -0.148. The van der Waals surface area contributed by atoms with E-state index in [2.05, 4.69) is 48.6 Å². The predicted molar refractivity (Wildman–Crippen MR) is 130 cm³/mol. The van der Waals surface area contributed by atoms with Crippen LogP contribution in [0.2, 0.25) is 0 Å². The van der Waals surface area contributed by atoms with Gasteiger partial charge in [-0.3, -0.25) is 0 Å². The molecule has 4 bridgehead atoms. The quantitative estimate of drug-likeness (QED) is 0.414. The molecule has 0 radical (unpaired) electrons. The number of allylic oxidation sites excluding steroid dienone is 1. The fourth-order valence-corrected chi connectivity index (χ4v) is 8.43. The van der Waals surface area contributed by atoms with E-state index in [4.69, 9.17) is 4.74 Å². The lowest BCUT2D eigenvalue weighted by Gasteiger charge is -2.67. The zero-order valence-electron chi connectivity index (χ0n) is 20.4. The first kappa shape index (κ1) is 22.6. The minimum atomic E-state index is -0.649. The summed E-state index contributed by atoms with van der Waals surface area (Å²) in [5.41, 5.74) is 2.85. The molecule has 1 heterocycles. The Labute approximate surface area is 195 Å². The van der Waals surface area contributed by atoms with Gasteiger partial charge in [-0.2, -0.15) is 0 Å². The number of fused-ring (bicyclic) bond motifs is 1. The van der Waals surface area contributed by atoms with E-state index in [1.807, 2.05) is 13.8 Å². The lowest BCUT2D eigenvalue weighted by Crippen LogP contribution is -2.71. The van der Waals surface area contributed by atoms with Gasteiger partial charge in [-0.05, 0) is 94.6 Å². The second-order valence-corrected chi connectivity index (χ2v) is 11.9. The van der Waals surface area contributed by atoms with E-state index in [1.54, 1.807) is 5.57 Å². The van der Waals surface area contributed by atoms with Crippen LogP contribution in [0.4, 0.5) is 0 Å². The van der Waals surface area contributed by atoms with Gasteiger partial charge in [-0.25, -0.2) is 0 Å². The highest BCUT2D eigenvalue weighted by Crippen LogP contribution is 2.69. The van der Waals surface area contributed by atoms with Crippen molar-refractivity contribution in [2.45, 2.75) is 90.4 Å². The van der Waals surface area contributed by atoms with Crippen LogP contribution in [0.5, 0.6) is 0 Å². The molecule has 1 unspecified atom stereocenters. The molecule has 0 amide bonds. The summed E-state index contributed by atoms with van der Waals surface area (Å²) < 4.78 is 6.15. The van der Waals surface area contributed by atoms with Gasteiger partial charge in [0.1, 0.15) is 0 Å². The Morgan fingerprint density at radius 2 is 1.94 bits per heavy atom. The van der Waals surface area contributed by atoms with Gasteiger partial charge in [0.05, 0.1) is 12.2 Å². The van der Waals surface area contributed by atoms with Crippen LogP contribution in [0, 0.1) is 28.6 Å². The van der Waals surface area contributed by atoms with E-state index in [0.717, 1.165) is 37.8 Å². The molecule has 1 aromatic rings. The van der Waals surface area contributed by atoms with Gasteiger partial charge in [0.2, 0.25) is 0 Å². The molecule has 1 aromatic carbocycles. The molecule has 3 aliphatic carbocycles. The molecule has 6 atom stereocenters. The molecule has 0 aromatic heterocycles. The summed E-state index contributed by atoms with van der Waals surface area (Å²) in [7, 11) is 0. The first-order valence-corrected chi connectivity index (χ1v) is 13.1. The monoisotopic (exact) mass is 437 g/mol. The highest BCUT2D eigenvalue weighted by Gasteiger charge is 2.67. The van der Waals surface area contributed by atoms with Gasteiger partial charge in [0.25, 0.3) is 0 Å². The summed E-state index contributed by atoms with van der Waals surface area (Å²) in [5, 5.41) is 15.3. The van der Waals surface area contributed by atoms with Gasteiger partial charge < -0.3 is 15.2 Å². The number of aliphatic hydroxyl groups is 1. The maximum Gasteiger partial charge on any atom is 0.0716 e. The average molecular weight is 438 g/mol. The summed E-state index contributed by atoms with van der Waals surface area (Å²) >= 11 is 0. The van der Waals surface area contributed by atoms with Crippen LogP contribution in [0.1, 0.15) is 77.7 Å². The Bertz CT molecular complexity index is 827. The SMILES string of the molecule is CC(C)(O)[C@H]1CC[C@@]2(C)[C@@H]3CCC4CCC=C4[C@@]2(CCCOCc2ccccc2)[C@@H]1NC3. The number of hydrogen-bond donors (Lipinski definition) is 2. The number of ether oxygens (including phenoxy) is 1. The Morgan fingerprint density at radius 3 is 2.72 bits per heavy atom. The summed E-state index contributed by atoms with van der Waals surface area (Å²) in [5.74, 6) is 1.81. The Hall–Kier alpha value is -1.16. The van der Waals surface area contributed by atoms with Crippen molar-refractivity contribution in [1.29, 1.82) is 0 Å². The second-order valence-electron chi connectivity index (χ2n) is 11.9.